The lowest BCUT2D eigenvalue weighted by Gasteiger charge is -2.23. The summed E-state index contributed by atoms with van der Waals surface area (Å²) in [6.45, 7) is 2.37. The summed E-state index contributed by atoms with van der Waals surface area (Å²) in [5.41, 5.74) is 0. The van der Waals surface area contributed by atoms with E-state index >= 15 is 0 Å². The standard InChI is InChI=1S/C9H15NO3S/c1-2-3-7(9(12)13)10-5-6(14)4-8(10)11/h6-7,14H,2-5H2,1H3,(H,12,13)/t6?,7-/m0/s1. The Kier molecular flexibility index (Phi) is 3.80. The van der Waals surface area contributed by atoms with E-state index in [1.807, 2.05) is 6.92 Å². The Bertz CT molecular complexity index is 244. The lowest BCUT2D eigenvalue weighted by atomic mass is 10.1. The number of carbonyl (C=O) groups excluding carboxylic acids is 1. The highest BCUT2D eigenvalue weighted by atomic mass is 32.1. The van der Waals surface area contributed by atoms with Crippen LogP contribution in [0.1, 0.15) is 26.2 Å². The maximum atomic E-state index is 11.4. The number of nitrogens with zero attached hydrogens (tertiary/aromatic N) is 1. The Morgan fingerprint density at radius 3 is 2.79 bits per heavy atom. The molecule has 0 saturated carbocycles. The van der Waals surface area contributed by atoms with Crippen molar-refractivity contribution < 1.29 is 14.7 Å². The van der Waals surface area contributed by atoms with Crippen molar-refractivity contribution in [2.45, 2.75) is 37.5 Å². The number of aliphatic carboxylic acids is 1. The summed E-state index contributed by atoms with van der Waals surface area (Å²) in [6.07, 6.45) is 1.64. The lowest BCUT2D eigenvalue weighted by molar-refractivity contribution is -0.148. The molecule has 0 aliphatic carbocycles. The fourth-order valence-electron chi connectivity index (χ4n) is 1.70. The number of amides is 1. The molecule has 1 unspecified atom stereocenters. The number of hydrogen-bond acceptors (Lipinski definition) is 3. The minimum absolute atomic E-state index is 0.0128. The Labute approximate surface area is 88.7 Å². The zero-order chi connectivity index (χ0) is 10.7. The van der Waals surface area contributed by atoms with Crippen LogP contribution in [-0.4, -0.2) is 39.7 Å². The zero-order valence-corrected chi connectivity index (χ0v) is 9.04. The van der Waals surface area contributed by atoms with Crippen molar-refractivity contribution in [3.05, 3.63) is 0 Å². The number of carboxylic acid groups (broad SMARTS) is 1. The summed E-state index contributed by atoms with van der Waals surface area (Å²) in [4.78, 5) is 23.8. The summed E-state index contributed by atoms with van der Waals surface area (Å²) in [5.74, 6) is -1.01. The number of carboxylic acids is 1. The van der Waals surface area contributed by atoms with E-state index in [-0.39, 0.29) is 11.2 Å². The molecule has 0 aromatic heterocycles. The quantitative estimate of drug-likeness (QED) is 0.684. The van der Waals surface area contributed by atoms with Gasteiger partial charge in [0.25, 0.3) is 0 Å². The average Bonchev–Trinajstić information content (AvgIpc) is 2.40. The fourth-order valence-corrected chi connectivity index (χ4v) is 2.03. The summed E-state index contributed by atoms with van der Waals surface area (Å²) in [5, 5.41) is 8.94. The lowest BCUT2D eigenvalue weighted by Crippen LogP contribution is -2.42. The van der Waals surface area contributed by atoms with Crippen molar-refractivity contribution in [2.24, 2.45) is 0 Å². The molecule has 1 N–H and O–H groups in total. The van der Waals surface area contributed by atoms with Gasteiger partial charge in [0.2, 0.25) is 5.91 Å². The summed E-state index contributed by atoms with van der Waals surface area (Å²) in [6, 6.07) is -0.662. The van der Waals surface area contributed by atoms with E-state index in [4.69, 9.17) is 5.11 Å². The second-order valence-electron chi connectivity index (χ2n) is 3.55. The highest BCUT2D eigenvalue weighted by Gasteiger charge is 2.35. The van der Waals surface area contributed by atoms with E-state index in [2.05, 4.69) is 12.6 Å². The third-order valence-electron chi connectivity index (χ3n) is 2.36. The number of rotatable bonds is 4. The Hall–Kier alpha value is -0.710. The molecular formula is C9H15NO3S. The van der Waals surface area contributed by atoms with Gasteiger partial charge in [-0.2, -0.15) is 12.6 Å². The summed E-state index contributed by atoms with van der Waals surface area (Å²) < 4.78 is 0. The van der Waals surface area contributed by atoms with Gasteiger partial charge in [-0.25, -0.2) is 4.79 Å². The zero-order valence-electron chi connectivity index (χ0n) is 8.14. The fraction of sp³-hybridized carbons (Fsp3) is 0.778. The van der Waals surface area contributed by atoms with Crippen molar-refractivity contribution in [3.8, 4) is 0 Å². The first-order valence-corrected chi connectivity index (χ1v) is 5.28. The van der Waals surface area contributed by atoms with Crippen LogP contribution in [0.25, 0.3) is 0 Å². The van der Waals surface area contributed by atoms with Gasteiger partial charge in [-0.15, -0.1) is 0 Å². The van der Waals surface area contributed by atoms with E-state index in [0.29, 0.717) is 19.4 Å². The molecule has 1 saturated heterocycles. The highest BCUT2D eigenvalue weighted by molar-refractivity contribution is 7.81. The van der Waals surface area contributed by atoms with Crippen LogP contribution in [0, 0.1) is 0 Å². The van der Waals surface area contributed by atoms with Crippen molar-refractivity contribution in [2.75, 3.05) is 6.54 Å². The van der Waals surface area contributed by atoms with Gasteiger partial charge in [-0.1, -0.05) is 13.3 Å². The van der Waals surface area contributed by atoms with Crippen LogP contribution in [0.5, 0.6) is 0 Å². The van der Waals surface area contributed by atoms with Crippen LogP contribution in [0.2, 0.25) is 0 Å². The first-order valence-electron chi connectivity index (χ1n) is 4.76. The normalized spacial score (nSPS) is 24.0. The van der Waals surface area contributed by atoms with Gasteiger partial charge < -0.3 is 10.0 Å². The molecule has 0 bridgehead atoms. The number of thiol groups is 1. The van der Waals surface area contributed by atoms with Crippen LogP contribution in [-0.2, 0) is 9.59 Å². The summed E-state index contributed by atoms with van der Waals surface area (Å²) >= 11 is 4.19. The van der Waals surface area contributed by atoms with E-state index in [1.54, 1.807) is 0 Å². The van der Waals surface area contributed by atoms with E-state index in [1.165, 1.54) is 4.90 Å². The van der Waals surface area contributed by atoms with E-state index in [0.717, 1.165) is 6.42 Å². The van der Waals surface area contributed by atoms with Gasteiger partial charge in [0.1, 0.15) is 6.04 Å². The molecule has 1 fully saturated rings. The van der Waals surface area contributed by atoms with Gasteiger partial charge in [0, 0.05) is 18.2 Å². The van der Waals surface area contributed by atoms with Crippen molar-refractivity contribution in [1.82, 2.24) is 4.90 Å². The van der Waals surface area contributed by atoms with E-state index < -0.39 is 12.0 Å². The largest absolute Gasteiger partial charge is 0.480 e. The third kappa shape index (κ3) is 2.41. The Balaban J connectivity index is 2.68. The van der Waals surface area contributed by atoms with Crippen molar-refractivity contribution >= 4 is 24.5 Å². The molecule has 1 aliphatic heterocycles. The predicted octanol–water partition coefficient (Wildman–Crippen LogP) is 0.770. The van der Waals surface area contributed by atoms with Crippen molar-refractivity contribution in [1.29, 1.82) is 0 Å². The second kappa shape index (κ2) is 4.68. The molecule has 2 atom stereocenters. The molecule has 1 amide bonds. The maximum Gasteiger partial charge on any atom is 0.326 e. The van der Waals surface area contributed by atoms with Crippen LogP contribution < -0.4 is 0 Å². The monoisotopic (exact) mass is 217 g/mol. The minimum Gasteiger partial charge on any atom is -0.480 e. The molecule has 1 rings (SSSR count). The van der Waals surface area contributed by atoms with E-state index in [9.17, 15) is 9.59 Å². The predicted molar refractivity (Wildman–Crippen MR) is 55.4 cm³/mol. The van der Waals surface area contributed by atoms with Crippen LogP contribution in [0.3, 0.4) is 0 Å². The molecular weight excluding hydrogens is 202 g/mol. The minimum atomic E-state index is -0.914. The molecule has 4 nitrogen and oxygen atoms in total. The van der Waals surface area contributed by atoms with Crippen molar-refractivity contribution in [3.63, 3.8) is 0 Å². The second-order valence-corrected chi connectivity index (χ2v) is 4.28. The smallest absolute Gasteiger partial charge is 0.326 e. The van der Waals surface area contributed by atoms with Gasteiger partial charge in [0.05, 0.1) is 0 Å². The number of likely N-dealkylation sites (tertiary alicyclic amines) is 1. The Morgan fingerprint density at radius 2 is 2.43 bits per heavy atom. The SMILES string of the molecule is CCC[C@@H](C(=O)O)N1CC(S)CC1=O. The maximum absolute atomic E-state index is 11.4. The Morgan fingerprint density at radius 1 is 1.79 bits per heavy atom. The molecule has 0 aromatic carbocycles. The third-order valence-corrected chi connectivity index (χ3v) is 2.71. The topological polar surface area (TPSA) is 57.6 Å². The van der Waals surface area contributed by atoms with Gasteiger partial charge in [0.15, 0.2) is 0 Å². The molecule has 0 radical (unpaired) electrons. The molecule has 1 aliphatic rings. The van der Waals surface area contributed by atoms with Gasteiger partial charge >= 0.3 is 5.97 Å². The molecule has 0 spiro atoms. The summed E-state index contributed by atoms with van der Waals surface area (Å²) in [7, 11) is 0. The molecule has 14 heavy (non-hydrogen) atoms. The molecule has 0 aromatic rings. The average molecular weight is 217 g/mol. The number of carbonyl (C=O) groups is 2. The van der Waals surface area contributed by atoms with Gasteiger partial charge in [-0.3, -0.25) is 4.79 Å². The molecule has 1 heterocycles. The van der Waals surface area contributed by atoms with Gasteiger partial charge in [-0.05, 0) is 6.42 Å². The first-order chi connectivity index (χ1) is 6.56. The van der Waals surface area contributed by atoms with Crippen LogP contribution >= 0.6 is 12.6 Å². The first kappa shape index (κ1) is 11.4. The highest BCUT2D eigenvalue weighted by Crippen LogP contribution is 2.20. The molecule has 5 heteroatoms. The van der Waals surface area contributed by atoms with Crippen LogP contribution in [0.4, 0.5) is 0 Å². The molecule has 80 valence electrons. The van der Waals surface area contributed by atoms with Crippen LogP contribution in [0.15, 0.2) is 0 Å². The number of hydrogen-bond donors (Lipinski definition) is 2.